The molecule has 3 atom stereocenters. The van der Waals surface area contributed by atoms with Crippen LogP contribution in [0.3, 0.4) is 0 Å². The molecule has 2 fully saturated rings. The van der Waals surface area contributed by atoms with Gasteiger partial charge >= 0.3 is 24.0 Å². The number of carbonyl (C=O) groups is 2. The molecule has 1 saturated carbocycles. The van der Waals surface area contributed by atoms with Gasteiger partial charge in [0.2, 0.25) is 0 Å². The van der Waals surface area contributed by atoms with Crippen LogP contribution in [-0.2, 0) is 19.1 Å². The highest BCUT2D eigenvalue weighted by atomic mass is 32.2. The average Bonchev–Trinajstić information content (AvgIpc) is 2.89. The maximum Gasteiger partial charge on any atom is 0.399 e. The van der Waals surface area contributed by atoms with Gasteiger partial charge in [-0.05, 0) is 19.3 Å². The molecule has 4 nitrogen and oxygen atoms in total. The molecule has 150 valence electrons. The predicted octanol–water partition coefficient (Wildman–Crippen LogP) is 4.17. The third-order valence-corrected chi connectivity index (χ3v) is 7.87. The highest BCUT2D eigenvalue weighted by Gasteiger charge is 2.51. The molecule has 2 aliphatic rings. The number of hydrogen-bond donors (Lipinski definition) is 0. The van der Waals surface area contributed by atoms with Crippen LogP contribution in [0.25, 0.3) is 0 Å². The van der Waals surface area contributed by atoms with Gasteiger partial charge in [-0.1, -0.05) is 6.42 Å². The van der Waals surface area contributed by atoms with Crippen LogP contribution in [0.15, 0.2) is 0 Å². The van der Waals surface area contributed by atoms with Crippen LogP contribution in [0.2, 0.25) is 0 Å². The SMILES string of the molecule is CC(F)(F)C(=O)OC1CCCCC12SCC(COC(=O)CC(F)(F)F)S2. The van der Waals surface area contributed by atoms with Crippen molar-refractivity contribution < 1.29 is 41.0 Å². The Kier molecular flexibility index (Phi) is 6.74. The van der Waals surface area contributed by atoms with E-state index < -0.39 is 40.6 Å². The van der Waals surface area contributed by atoms with Crippen molar-refractivity contribution in [2.24, 2.45) is 0 Å². The molecule has 3 unspecified atom stereocenters. The van der Waals surface area contributed by atoms with E-state index in [2.05, 4.69) is 4.74 Å². The molecule has 11 heteroatoms. The summed E-state index contributed by atoms with van der Waals surface area (Å²) in [6.45, 7) is 0.279. The van der Waals surface area contributed by atoms with Gasteiger partial charge in [-0.25, -0.2) is 4.79 Å². The zero-order chi connectivity index (χ0) is 19.6. The Hall–Kier alpha value is -0.710. The summed E-state index contributed by atoms with van der Waals surface area (Å²) in [6.07, 6.45) is -4.33. The maximum absolute atomic E-state index is 13.1. The number of carbonyl (C=O) groups excluding carboxylic acids is 2. The van der Waals surface area contributed by atoms with Crippen molar-refractivity contribution in [3.05, 3.63) is 0 Å². The first kappa shape index (κ1) is 21.6. The molecule has 1 heterocycles. The van der Waals surface area contributed by atoms with Gasteiger partial charge in [0.25, 0.3) is 0 Å². The van der Waals surface area contributed by atoms with E-state index in [4.69, 9.17) is 4.74 Å². The van der Waals surface area contributed by atoms with Gasteiger partial charge < -0.3 is 9.47 Å². The van der Waals surface area contributed by atoms with E-state index in [0.717, 1.165) is 12.8 Å². The lowest BCUT2D eigenvalue weighted by Crippen LogP contribution is -2.43. The summed E-state index contributed by atoms with van der Waals surface area (Å²) < 4.78 is 71.8. The van der Waals surface area contributed by atoms with E-state index in [0.29, 0.717) is 25.5 Å². The highest BCUT2D eigenvalue weighted by Crippen LogP contribution is 2.57. The first-order chi connectivity index (χ1) is 11.9. The number of hydrogen-bond acceptors (Lipinski definition) is 6. The molecule has 1 spiro atoms. The zero-order valence-electron chi connectivity index (χ0n) is 13.9. The minimum atomic E-state index is -4.62. The Morgan fingerprint density at radius 1 is 1.19 bits per heavy atom. The van der Waals surface area contributed by atoms with E-state index in [1.807, 2.05) is 0 Å². The molecule has 1 saturated heterocycles. The van der Waals surface area contributed by atoms with Crippen molar-refractivity contribution in [1.82, 2.24) is 0 Å². The number of esters is 2. The number of ether oxygens (including phenoxy) is 2. The Bertz CT molecular complexity index is 537. The quantitative estimate of drug-likeness (QED) is 0.490. The third kappa shape index (κ3) is 5.90. The molecule has 0 aromatic rings. The smallest absolute Gasteiger partial charge is 0.399 e. The van der Waals surface area contributed by atoms with Crippen LogP contribution >= 0.6 is 23.5 Å². The normalized spacial score (nSPS) is 29.6. The first-order valence-electron chi connectivity index (χ1n) is 8.04. The molecule has 1 aliphatic heterocycles. The topological polar surface area (TPSA) is 52.6 Å². The summed E-state index contributed by atoms with van der Waals surface area (Å²) in [4.78, 5) is 22.7. The van der Waals surface area contributed by atoms with Crippen LogP contribution in [0.4, 0.5) is 22.0 Å². The lowest BCUT2D eigenvalue weighted by atomic mass is 9.96. The zero-order valence-corrected chi connectivity index (χ0v) is 15.6. The van der Waals surface area contributed by atoms with Crippen LogP contribution in [0, 0.1) is 0 Å². The molecule has 0 N–H and O–H groups in total. The second-order valence-corrected chi connectivity index (χ2v) is 9.61. The average molecular weight is 422 g/mol. The first-order valence-corrected chi connectivity index (χ1v) is 9.91. The lowest BCUT2D eigenvalue weighted by Gasteiger charge is -2.39. The van der Waals surface area contributed by atoms with Crippen molar-refractivity contribution in [2.45, 2.75) is 66.6 Å². The molecule has 0 aromatic heterocycles. The number of rotatable bonds is 5. The fourth-order valence-electron chi connectivity index (χ4n) is 2.83. The summed E-state index contributed by atoms with van der Waals surface area (Å²) in [6, 6.07) is 0. The van der Waals surface area contributed by atoms with Crippen molar-refractivity contribution in [1.29, 1.82) is 0 Å². The summed E-state index contributed by atoms with van der Waals surface area (Å²) in [7, 11) is 0. The van der Waals surface area contributed by atoms with Crippen LogP contribution in [-0.4, -0.2) is 51.8 Å². The lowest BCUT2D eigenvalue weighted by molar-refractivity contribution is -0.176. The van der Waals surface area contributed by atoms with Crippen molar-refractivity contribution >= 4 is 35.5 Å². The number of halogens is 5. The van der Waals surface area contributed by atoms with E-state index >= 15 is 0 Å². The molecule has 1 aliphatic carbocycles. The molecule has 0 bridgehead atoms. The molecular formula is C15H19F5O4S2. The van der Waals surface area contributed by atoms with Gasteiger partial charge in [-0.2, -0.15) is 22.0 Å². The largest absolute Gasteiger partial charge is 0.464 e. The standard InChI is InChI=1S/C15H19F5O4S2/c1-13(16,17)12(22)24-10-4-2-3-5-14(10)25-8-9(26-14)7-23-11(21)6-15(18,19)20/h9-10H,2-8H2,1H3. The fraction of sp³-hybridized carbons (Fsp3) is 0.867. The van der Waals surface area contributed by atoms with E-state index in [9.17, 15) is 31.5 Å². The fourth-order valence-corrected chi connectivity index (χ4v) is 6.68. The molecule has 2 rings (SSSR count). The van der Waals surface area contributed by atoms with E-state index in [-0.39, 0.29) is 11.9 Å². The molecule has 0 amide bonds. The van der Waals surface area contributed by atoms with Gasteiger partial charge in [0.1, 0.15) is 19.1 Å². The summed E-state index contributed by atoms with van der Waals surface area (Å²) >= 11 is 2.76. The Labute approximate surface area is 155 Å². The summed E-state index contributed by atoms with van der Waals surface area (Å²) in [5, 5.41) is -0.279. The predicted molar refractivity (Wildman–Crippen MR) is 87.2 cm³/mol. The van der Waals surface area contributed by atoms with Gasteiger partial charge in [-0.3, -0.25) is 4.79 Å². The second kappa shape index (κ2) is 8.12. The molecule has 0 radical (unpaired) electrons. The molecular weight excluding hydrogens is 403 g/mol. The number of alkyl halides is 5. The van der Waals surface area contributed by atoms with Gasteiger partial charge in [0, 0.05) is 17.9 Å². The van der Waals surface area contributed by atoms with Gasteiger partial charge in [-0.15, -0.1) is 23.5 Å². The minimum absolute atomic E-state index is 0.196. The van der Waals surface area contributed by atoms with Crippen LogP contribution in [0.5, 0.6) is 0 Å². The third-order valence-electron chi connectivity index (χ3n) is 3.99. The van der Waals surface area contributed by atoms with Crippen molar-refractivity contribution in [3.8, 4) is 0 Å². The van der Waals surface area contributed by atoms with Crippen molar-refractivity contribution in [2.75, 3.05) is 12.4 Å². The number of thioether (sulfide) groups is 2. The highest BCUT2D eigenvalue weighted by molar-refractivity contribution is 8.21. The van der Waals surface area contributed by atoms with Crippen molar-refractivity contribution in [3.63, 3.8) is 0 Å². The Balaban J connectivity index is 1.92. The van der Waals surface area contributed by atoms with E-state index in [1.165, 1.54) is 23.5 Å². The van der Waals surface area contributed by atoms with Crippen LogP contribution in [0.1, 0.15) is 39.0 Å². The second-order valence-electron chi connectivity index (χ2n) is 6.37. The summed E-state index contributed by atoms with van der Waals surface area (Å²) in [5.41, 5.74) is 0. The minimum Gasteiger partial charge on any atom is -0.464 e. The van der Waals surface area contributed by atoms with Gasteiger partial charge in [0.15, 0.2) is 0 Å². The Morgan fingerprint density at radius 3 is 2.50 bits per heavy atom. The monoisotopic (exact) mass is 422 g/mol. The molecule has 0 aromatic carbocycles. The molecule has 26 heavy (non-hydrogen) atoms. The van der Waals surface area contributed by atoms with Crippen LogP contribution < -0.4 is 0 Å². The van der Waals surface area contributed by atoms with E-state index in [1.54, 1.807) is 0 Å². The summed E-state index contributed by atoms with van der Waals surface area (Å²) in [5.74, 6) is -6.04. The van der Waals surface area contributed by atoms with Gasteiger partial charge in [0.05, 0.1) is 4.08 Å². The maximum atomic E-state index is 13.1. The Morgan fingerprint density at radius 2 is 1.88 bits per heavy atom.